The van der Waals surface area contributed by atoms with Crippen LogP contribution in [0.15, 0.2) is 0 Å². The predicted molar refractivity (Wildman–Crippen MR) is 71.4 cm³/mol. The van der Waals surface area contributed by atoms with Gasteiger partial charge in [-0.3, -0.25) is 4.79 Å². The number of methoxy groups -OCH3 is 1. The van der Waals surface area contributed by atoms with Crippen molar-refractivity contribution in [2.24, 2.45) is 0 Å². The van der Waals surface area contributed by atoms with Gasteiger partial charge in [0.2, 0.25) is 0 Å². The largest absolute Gasteiger partial charge is 0.459 e. The zero-order chi connectivity index (χ0) is 14.0. The first kappa shape index (κ1) is 14.8. The first-order valence-electron chi connectivity index (χ1n) is 6.65. The highest BCUT2D eigenvalue weighted by Gasteiger charge is 2.54. The van der Waals surface area contributed by atoms with E-state index in [0.717, 1.165) is 0 Å². The molecule has 2 saturated heterocycles. The van der Waals surface area contributed by atoms with Crippen LogP contribution in [-0.2, 0) is 23.6 Å². The predicted octanol–water partition coefficient (Wildman–Crippen LogP) is 0.150. The van der Waals surface area contributed by atoms with Gasteiger partial charge in [0.1, 0.15) is 5.60 Å². The molecule has 0 aliphatic carbocycles. The first-order valence-corrected chi connectivity index (χ1v) is 6.65. The van der Waals surface area contributed by atoms with Crippen molar-refractivity contribution in [1.82, 2.24) is 4.72 Å². The lowest BCUT2D eigenvalue weighted by Gasteiger charge is -2.29. The van der Waals surface area contributed by atoms with Gasteiger partial charge in [-0.25, -0.2) is 0 Å². The Morgan fingerprint density at radius 1 is 1.32 bits per heavy atom. The van der Waals surface area contributed by atoms with Crippen LogP contribution in [0.3, 0.4) is 0 Å². The maximum atomic E-state index is 12.3. The van der Waals surface area contributed by atoms with Crippen LogP contribution in [0.25, 0.3) is 0 Å². The smallest absolute Gasteiger partial charge is 0.398 e. The average molecular weight is 269 g/mol. The highest BCUT2D eigenvalue weighted by molar-refractivity contribution is 6.74. The second kappa shape index (κ2) is 5.83. The summed E-state index contributed by atoms with van der Waals surface area (Å²) >= 11 is 0. The number of carbonyl (C=O) groups excluding carboxylic acids is 1. The molecule has 0 aromatic carbocycles. The maximum Gasteiger partial charge on any atom is 0.398 e. The molecule has 2 heterocycles. The Hall–Kier alpha value is -0.560. The van der Waals surface area contributed by atoms with Crippen molar-refractivity contribution in [3.63, 3.8) is 0 Å². The monoisotopic (exact) mass is 269 g/mol. The fourth-order valence-electron chi connectivity index (χ4n) is 2.01. The third-order valence-corrected chi connectivity index (χ3v) is 2.93. The lowest BCUT2D eigenvalue weighted by atomic mass is 9.74. The second-order valence-corrected chi connectivity index (χ2v) is 5.85. The van der Waals surface area contributed by atoms with Gasteiger partial charge in [0.25, 0.3) is 0 Å². The number of esters is 1. The van der Waals surface area contributed by atoms with Crippen LogP contribution >= 0.6 is 0 Å². The van der Waals surface area contributed by atoms with Gasteiger partial charge in [-0.2, -0.15) is 0 Å². The Morgan fingerprint density at radius 3 is 2.21 bits per heavy atom. The Labute approximate surface area is 115 Å². The molecule has 8 heteroatoms. The third-order valence-electron chi connectivity index (χ3n) is 2.93. The molecule has 2 aliphatic heterocycles. The summed E-state index contributed by atoms with van der Waals surface area (Å²) in [5.41, 5.74) is -0.497. The van der Waals surface area contributed by atoms with Gasteiger partial charge >= 0.3 is 20.1 Å². The lowest BCUT2D eigenvalue weighted by Crippen LogP contribution is -2.51. The molecule has 0 amide bonds. The molecule has 2 rings (SSSR count). The number of nitrogens with zero attached hydrogens (tertiary/aromatic N) is 1. The zero-order valence-electron chi connectivity index (χ0n) is 12.0. The summed E-state index contributed by atoms with van der Waals surface area (Å²) in [7, 11) is 1.57. The van der Waals surface area contributed by atoms with Gasteiger partial charge in [-0.05, 0) is 27.2 Å². The quantitative estimate of drug-likeness (QED) is 0.372. The van der Waals surface area contributed by atoms with Crippen LogP contribution in [0, 0.1) is 0 Å². The minimum atomic E-state index is -0.497. The van der Waals surface area contributed by atoms with Crippen molar-refractivity contribution >= 4 is 20.1 Å². The Morgan fingerprint density at radius 2 is 1.84 bits per heavy atom. The molecule has 2 aliphatic rings. The van der Waals surface area contributed by atoms with Crippen molar-refractivity contribution < 1.29 is 23.6 Å². The molecule has 0 radical (unpaired) electrons. The third kappa shape index (κ3) is 4.49. The van der Waals surface area contributed by atoms with Gasteiger partial charge in [0.15, 0.2) is 0 Å². The van der Waals surface area contributed by atoms with E-state index in [1.165, 1.54) is 0 Å². The Kier molecular flexibility index (Phi) is 4.55. The Bertz CT molecular complexity index is 316. The van der Waals surface area contributed by atoms with Gasteiger partial charge in [0.05, 0.1) is 19.1 Å². The summed E-state index contributed by atoms with van der Waals surface area (Å²) < 4.78 is 23.2. The minimum Gasteiger partial charge on any atom is -0.459 e. The molecule has 0 unspecified atom stereocenters. The minimum absolute atomic E-state index is 0.0260. The van der Waals surface area contributed by atoms with Gasteiger partial charge in [0, 0.05) is 13.7 Å². The van der Waals surface area contributed by atoms with Crippen molar-refractivity contribution in [3.05, 3.63) is 0 Å². The van der Waals surface area contributed by atoms with E-state index in [2.05, 4.69) is 0 Å². The molecular formula is C11H21B2NO5. The number of carbonyl (C=O) groups is 1. The van der Waals surface area contributed by atoms with Crippen LogP contribution < -0.4 is 0 Å². The SMILES string of the molecule is COCC[C@@H](C(=O)OC(C)(C)C)N(B1CO1)B1CO1. The molecule has 0 saturated carbocycles. The van der Waals surface area contributed by atoms with Crippen molar-refractivity contribution in [3.8, 4) is 0 Å². The summed E-state index contributed by atoms with van der Waals surface area (Å²) in [5, 5.41) is 0. The molecule has 106 valence electrons. The molecule has 0 bridgehead atoms. The molecule has 6 nitrogen and oxygen atoms in total. The number of ether oxygens (including phenoxy) is 2. The number of hydrogen-bond acceptors (Lipinski definition) is 6. The number of hydrogen-bond donors (Lipinski definition) is 0. The van der Waals surface area contributed by atoms with Gasteiger partial charge < -0.3 is 23.5 Å². The summed E-state index contributed by atoms with van der Waals surface area (Å²) in [4.78, 5) is 12.3. The molecule has 19 heavy (non-hydrogen) atoms. The molecule has 0 spiro atoms. The van der Waals surface area contributed by atoms with Crippen molar-refractivity contribution in [1.29, 1.82) is 0 Å². The highest BCUT2D eigenvalue weighted by Crippen LogP contribution is 2.25. The standard InChI is InChI=1S/C11H21B2NO5/c1-11(2,3)19-10(15)9(5-6-16-4)14(12-7-17-12)13-8-18-13/h9H,5-8H2,1-4H3/t9-/m0/s1. The van der Waals surface area contributed by atoms with E-state index in [1.54, 1.807) is 7.11 Å². The van der Waals surface area contributed by atoms with E-state index in [-0.39, 0.29) is 26.1 Å². The first-order chi connectivity index (χ1) is 8.92. The van der Waals surface area contributed by atoms with Gasteiger partial charge in [-0.1, -0.05) is 0 Å². The zero-order valence-corrected chi connectivity index (χ0v) is 12.0. The van der Waals surface area contributed by atoms with E-state index in [4.69, 9.17) is 18.8 Å². The maximum absolute atomic E-state index is 12.3. The van der Waals surface area contributed by atoms with Crippen LogP contribution in [0.1, 0.15) is 27.2 Å². The molecule has 0 N–H and O–H groups in total. The average Bonchev–Trinajstić information content (AvgIpc) is 3.12. The van der Waals surface area contributed by atoms with E-state index in [0.29, 0.717) is 26.0 Å². The molecule has 0 aromatic heterocycles. The fourth-order valence-corrected chi connectivity index (χ4v) is 2.01. The van der Waals surface area contributed by atoms with E-state index in [1.807, 2.05) is 25.5 Å². The Balaban J connectivity index is 2.02. The summed E-state index contributed by atoms with van der Waals surface area (Å²) in [6.07, 6.45) is 0.575. The molecule has 0 aromatic rings. The highest BCUT2D eigenvalue weighted by atomic mass is 16.6. The van der Waals surface area contributed by atoms with E-state index in [9.17, 15) is 4.79 Å². The fraction of sp³-hybridized carbons (Fsp3) is 0.909. The van der Waals surface area contributed by atoms with Crippen LogP contribution in [0.5, 0.6) is 0 Å². The normalized spacial score (nSPS) is 19.6. The van der Waals surface area contributed by atoms with Gasteiger partial charge in [-0.15, -0.1) is 0 Å². The van der Waals surface area contributed by atoms with Crippen LogP contribution in [-0.4, -0.2) is 63.2 Å². The molecule has 1 atom stereocenters. The number of rotatable bonds is 7. The van der Waals surface area contributed by atoms with E-state index < -0.39 is 5.60 Å². The topological polar surface area (TPSA) is 63.8 Å². The van der Waals surface area contributed by atoms with E-state index >= 15 is 0 Å². The summed E-state index contributed by atoms with van der Waals surface area (Å²) in [6.45, 7) is 7.38. The second-order valence-electron chi connectivity index (χ2n) is 5.85. The van der Waals surface area contributed by atoms with Crippen molar-refractivity contribution in [2.45, 2.75) is 38.8 Å². The van der Waals surface area contributed by atoms with Crippen molar-refractivity contribution in [2.75, 3.05) is 26.7 Å². The molecule has 2 fully saturated rings. The van der Waals surface area contributed by atoms with Crippen LogP contribution in [0.4, 0.5) is 0 Å². The summed E-state index contributed by atoms with van der Waals surface area (Å²) in [5.74, 6) is -0.240. The van der Waals surface area contributed by atoms with Crippen LogP contribution in [0.2, 0.25) is 0 Å². The molecular weight excluding hydrogens is 248 g/mol. The summed E-state index contributed by atoms with van der Waals surface area (Å²) in [6, 6.07) is -0.376. The lowest BCUT2D eigenvalue weighted by molar-refractivity contribution is -0.159.